The van der Waals surface area contributed by atoms with Crippen molar-refractivity contribution in [1.29, 1.82) is 0 Å². The molecule has 0 fully saturated rings. The van der Waals surface area contributed by atoms with Crippen LogP contribution >= 0.6 is 11.3 Å². The summed E-state index contributed by atoms with van der Waals surface area (Å²) in [6.07, 6.45) is 1.65. The van der Waals surface area contributed by atoms with E-state index in [0.29, 0.717) is 26.2 Å². The number of hydrogen-bond donors (Lipinski definition) is 1. The van der Waals surface area contributed by atoms with Crippen LogP contribution in [-0.2, 0) is 16.1 Å². The molecule has 0 saturated carbocycles. The number of furan rings is 1. The van der Waals surface area contributed by atoms with Gasteiger partial charge in [0.25, 0.3) is 0 Å². The molecule has 0 aliphatic carbocycles. The molecule has 0 radical (unpaired) electrons. The van der Waals surface area contributed by atoms with Gasteiger partial charge in [0.2, 0.25) is 5.91 Å². The highest BCUT2D eigenvalue weighted by Crippen LogP contribution is 2.35. The molecule has 0 aromatic carbocycles. The Bertz CT molecular complexity index is 618. The zero-order chi connectivity index (χ0) is 18.3. The second kappa shape index (κ2) is 9.17. The van der Waals surface area contributed by atoms with Crippen LogP contribution in [0.1, 0.15) is 37.5 Å². The normalized spacial score (nSPS) is 13.2. The van der Waals surface area contributed by atoms with Gasteiger partial charge in [-0.1, -0.05) is 26.8 Å². The van der Waals surface area contributed by atoms with Gasteiger partial charge in [0.1, 0.15) is 5.76 Å². The molecule has 1 unspecified atom stereocenters. The summed E-state index contributed by atoms with van der Waals surface area (Å²) in [5, 5.41) is 5.25. The number of ether oxygens (including phenoxy) is 1. The Morgan fingerprint density at radius 2 is 2.16 bits per heavy atom. The summed E-state index contributed by atoms with van der Waals surface area (Å²) in [6, 6.07) is 7.87. The summed E-state index contributed by atoms with van der Waals surface area (Å²) in [5.41, 5.74) is -0.0567. The van der Waals surface area contributed by atoms with Gasteiger partial charge in [-0.2, -0.15) is 0 Å². The smallest absolute Gasteiger partial charge is 0.234 e. The quantitative estimate of drug-likeness (QED) is 0.737. The minimum atomic E-state index is -0.0567. The van der Waals surface area contributed by atoms with E-state index in [2.05, 4.69) is 32.2 Å². The molecule has 2 rings (SSSR count). The van der Waals surface area contributed by atoms with E-state index in [-0.39, 0.29) is 17.4 Å². The van der Waals surface area contributed by atoms with Crippen LogP contribution in [0.15, 0.2) is 40.3 Å². The fraction of sp³-hybridized carbons (Fsp3) is 0.526. The first-order chi connectivity index (χ1) is 11.9. The average Bonchev–Trinajstić information content (AvgIpc) is 3.22. The van der Waals surface area contributed by atoms with Crippen molar-refractivity contribution in [2.75, 3.05) is 26.8 Å². The van der Waals surface area contributed by atoms with Crippen LogP contribution in [0.4, 0.5) is 0 Å². The number of methoxy groups -OCH3 is 1. The molecule has 1 amide bonds. The topological polar surface area (TPSA) is 54.7 Å². The third-order valence-corrected chi connectivity index (χ3v) is 4.87. The minimum absolute atomic E-state index is 0.00659. The largest absolute Gasteiger partial charge is 0.468 e. The number of nitrogens with zero attached hydrogens (tertiary/aromatic N) is 1. The van der Waals surface area contributed by atoms with E-state index >= 15 is 0 Å². The van der Waals surface area contributed by atoms with Crippen molar-refractivity contribution in [2.45, 2.75) is 33.4 Å². The van der Waals surface area contributed by atoms with E-state index in [1.165, 1.54) is 4.88 Å². The first kappa shape index (κ1) is 19.7. The third-order valence-electron chi connectivity index (χ3n) is 3.94. The van der Waals surface area contributed by atoms with Crippen LogP contribution < -0.4 is 5.32 Å². The summed E-state index contributed by atoms with van der Waals surface area (Å²) < 4.78 is 10.6. The Labute approximate surface area is 154 Å². The van der Waals surface area contributed by atoms with Crippen LogP contribution in [0, 0.1) is 5.41 Å². The van der Waals surface area contributed by atoms with Gasteiger partial charge in [-0.05, 0) is 29.0 Å². The maximum absolute atomic E-state index is 12.7. The van der Waals surface area contributed by atoms with Crippen LogP contribution in [0.2, 0.25) is 0 Å². The third kappa shape index (κ3) is 6.30. The first-order valence-corrected chi connectivity index (χ1v) is 9.34. The van der Waals surface area contributed by atoms with Crippen molar-refractivity contribution in [1.82, 2.24) is 10.2 Å². The lowest BCUT2D eigenvalue weighted by atomic mass is 9.85. The number of nitrogens with one attached hydrogen (secondary N) is 1. The van der Waals surface area contributed by atoms with E-state index in [1.54, 1.807) is 24.7 Å². The van der Waals surface area contributed by atoms with Crippen molar-refractivity contribution >= 4 is 17.2 Å². The molecule has 0 bridgehead atoms. The molecule has 2 heterocycles. The van der Waals surface area contributed by atoms with E-state index in [4.69, 9.17) is 9.15 Å². The molecule has 0 aliphatic heterocycles. The van der Waals surface area contributed by atoms with Gasteiger partial charge >= 0.3 is 0 Å². The highest BCUT2D eigenvalue weighted by Gasteiger charge is 2.29. The first-order valence-electron chi connectivity index (χ1n) is 8.46. The Balaban J connectivity index is 2.00. The van der Waals surface area contributed by atoms with Crippen molar-refractivity contribution in [3.05, 3.63) is 46.5 Å². The fourth-order valence-corrected chi connectivity index (χ4v) is 3.66. The molecule has 6 heteroatoms. The molecule has 0 spiro atoms. The molecule has 1 N–H and O–H groups in total. The van der Waals surface area contributed by atoms with Gasteiger partial charge in [-0.3, -0.25) is 9.69 Å². The summed E-state index contributed by atoms with van der Waals surface area (Å²) in [4.78, 5) is 15.9. The Hall–Kier alpha value is -1.63. The van der Waals surface area contributed by atoms with Gasteiger partial charge in [0.05, 0.1) is 32.0 Å². The van der Waals surface area contributed by atoms with E-state index in [1.807, 2.05) is 28.5 Å². The highest BCUT2D eigenvalue weighted by molar-refractivity contribution is 7.10. The molecule has 2 aromatic rings. The van der Waals surface area contributed by atoms with Gasteiger partial charge in [-0.25, -0.2) is 0 Å². The molecule has 0 saturated heterocycles. The second-order valence-corrected chi connectivity index (χ2v) is 8.14. The molecular weight excluding hydrogens is 336 g/mol. The van der Waals surface area contributed by atoms with Gasteiger partial charge < -0.3 is 14.5 Å². The average molecular weight is 365 g/mol. The van der Waals surface area contributed by atoms with Crippen LogP contribution in [0.5, 0.6) is 0 Å². The Morgan fingerprint density at radius 3 is 2.72 bits per heavy atom. The summed E-state index contributed by atoms with van der Waals surface area (Å²) >= 11 is 1.67. The Morgan fingerprint density at radius 1 is 1.36 bits per heavy atom. The Kier molecular flexibility index (Phi) is 7.23. The highest BCUT2D eigenvalue weighted by atomic mass is 32.1. The predicted octanol–water partition coefficient (Wildman–Crippen LogP) is 3.69. The van der Waals surface area contributed by atoms with E-state index in [9.17, 15) is 4.79 Å². The summed E-state index contributed by atoms with van der Waals surface area (Å²) in [5.74, 6) is 0.852. The zero-order valence-corrected chi connectivity index (χ0v) is 16.3. The van der Waals surface area contributed by atoms with Crippen molar-refractivity contribution < 1.29 is 13.9 Å². The molecule has 138 valence electrons. The number of rotatable bonds is 9. The summed E-state index contributed by atoms with van der Waals surface area (Å²) in [6.45, 7) is 8.56. The SMILES string of the molecule is COCCN(CC(=O)NC(c1cccs1)C(C)(C)C)Cc1ccco1. The molecular formula is C19H28N2O3S. The molecule has 1 atom stereocenters. The molecule has 5 nitrogen and oxygen atoms in total. The van der Waals surface area contributed by atoms with Crippen LogP contribution in [0.25, 0.3) is 0 Å². The lowest BCUT2D eigenvalue weighted by molar-refractivity contribution is -0.124. The predicted molar refractivity (Wildman–Crippen MR) is 101 cm³/mol. The maximum Gasteiger partial charge on any atom is 0.234 e. The summed E-state index contributed by atoms with van der Waals surface area (Å²) in [7, 11) is 1.66. The van der Waals surface area contributed by atoms with Crippen LogP contribution in [0.3, 0.4) is 0 Å². The monoisotopic (exact) mass is 364 g/mol. The standard InChI is InChI=1S/C19H28N2O3S/c1-19(2,3)18(16-8-6-12-25-16)20-17(22)14-21(9-11-23-4)13-15-7-5-10-24-15/h5-8,10,12,18H,9,11,13-14H2,1-4H3,(H,20,22). The number of hydrogen-bond acceptors (Lipinski definition) is 5. The van der Waals surface area contributed by atoms with Crippen LogP contribution in [-0.4, -0.2) is 37.6 Å². The van der Waals surface area contributed by atoms with Crippen molar-refractivity contribution in [3.63, 3.8) is 0 Å². The van der Waals surface area contributed by atoms with Crippen molar-refractivity contribution in [3.8, 4) is 0 Å². The number of carbonyl (C=O) groups excluding carboxylic acids is 1. The number of carbonyl (C=O) groups is 1. The van der Waals surface area contributed by atoms with Crippen molar-refractivity contribution in [2.24, 2.45) is 5.41 Å². The van der Waals surface area contributed by atoms with E-state index in [0.717, 1.165) is 5.76 Å². The maximum atomic E-state index is 12.7. The minimum Gasteiger partial charge on any atom is -0.468 e. The second-order valence-electron chi connectivity index (χ2n) is 7.16. The molecule has 2 aromatic heterocycles. The fourth-order valence-electron chi connectivity index (χ4n) is 2.64. The van der Waals surface area contributed by atoms with Gasteiger partial charge in [-0.15, -0.1) is 11.3 Å². The van der Waals surface area contributed by atoms with Gasteiger partial charge in [0.15, 0.2) is 0 Å². The van der Waals surface area contributed by atoms with E-state index < -0.39 is 0 Å². The lowest BCUT2D eigenvalue weighted by Gasteiger charge is -2.31. The lowest BCUT2D eigenvalue weighted by Crippen LogP contribution is -2.42. The molecule has 25 heavy (non-hydrogen) atoms. The zero-order valence-electron chi connectivity index (χ0n) is 15.5. The number of amides is 1. The molecule has 0 aliphatic rings. The number of thiophene rings is 1. The van der Waals surface area contributed by atoms with Gasteiger partial charge in [0, 0.05) is 18.5 Å².